The highest BCUT2D eigenvalue weighted by molar-refractivity contribution is 7.92. The number of halogens is 1. The highest BCUT2D eigenvalue weighted by atomic mass is 35.5. The predicted molar refractivity (Wildman–Crippen MR) is 106 cm³/mol. The summed E-state index contributed by atoms with van der Waals surface area (Å²) in [5.41, 5.74) is 0.498. The van der Waals surface area contributed by atoms with E-state index in [9.17, 15) is 13.2 Å². The molecule has 146 valence electrons. The molecule has 2 aromatic carbocycles. The lowest BCUT2D eigenvalue weighted by molar-refractivity contribution is 0.0764. The van der Waals surface area contributed by atoms with E-state index in [0.29, 0.717) is 29.3 Å². The van der Waals surface area contributed by atoms with E-state index >= 15 is 0 Å². The van der Waals surface area contributed by atoms with Crippen molar-refractivity contribution in [2.75, 3.05) is 20.2 Å². The molecular weight excluding hydrogens is 402 g/mol. The van der Waals surface area contributed by atoms with Gasteiger partial charge in [0.15, 0.2) is 26.9 Å². The van der Waals surface area contributed by atoms with Crippen LogP contribution in [0.3, 0.4) is 0 Å². The number of rotatable bonds is 4. The summed E-state index contributed by atoms with van der Waals surface area (Å²) in [6.45, 7) is 0.475. The first-order chi connectivity index (χ1) is 13.4. The highest BCUT2D eigenvalue weighted by Crippen LogP contribution is 2.31. The molecule has 3 aromatic rings. The second-order valence-corrected chi connectivity index (χ2v) is 9.31. The van der Waals surface area contributed by atoms with Crippen LogP contribution in [0, 0.1) is 0 Å². The van der Waals surface area contributed by atoms with Gasteiger partial charge in [0.05, 0.1) is 17.3 Å². The van der Waals surface area contributed by atoms with Crippen molar-refractivity contribution < 1.29 is 22.4 Å². The van der Waals surface area contributed by atoms with Gasteiger partial charge < -0.3 is 14.1 Å². The summed E-state index contributed by atoms with van der Waals surface area (Å²) < 4.78 is 36.7. The van der Waals surface area contributed by atoms with E-state index in [2.05, 4.69) is 0 Å². The van der Waals surface area contributed by atoms with Crippen LogP contribution in [-0.2, 0) is 9.84 Å². The number of benzene rings is 2. The Morgan fingerprint density at radius 1 is 1.21 bits per heavy atom. The zero-order valence-electron chi connectivity index (χ0n) is 15.1. The Hall–Kier alpha value is -2.51. The van der Waals surface area contributed by atoms with Gasteiger partial charge in [-0.15, -0.1) is 0 Å². The SMILES string of the molecule is COc1cccc2cc(C(=O)N3CC[C@@H](S(=O)(=O)c4ccc(Cl)cc4)C3)oc12. The van der Waals surface area contributed by atoms with Gasteiger partial charge >= 0.3 is 0 Å². The number of methoxy groups -OCH3 is 1. The fourth-order valence-electron chi connectivity index (χ4n) is 3.44. The Morgan fingerprint density at radius 2 is 1.96 bits per heavy atom. The first-order valence-electron chi connectivity index (χ1n) is 8.75. The van der Waals surface area contributed by atoms with Gasteiger partial charge in [-0.2, -0.15) is 0 Å². The van der Waals surface area contributed by atoms with Crippen LogP contribution in [0.1, 0.15) is 17.0 Å². The molecule has 1 aromatic heterocycles. The maximum atomic E-state index is 12.9. The zero-order chi connectivity index (χ0) is 19.9. The first kappa shape index (κ1) is 18.8. The molecule has 4 rings (SSSR count). The number of fused-ring (bicyclic) bond motifs is 1. The molecule has 0 saturated carbocycles. The van der Waals surface area contributed by atoms with Gasteiger partial charge in [-0.3, -0.25) is 4.79 Å². The van der Waals surface area contributed by atoms with Crippen LogP contribution in [0.2, 0.25) is 5.02 Å². The molecule has 0 N–H and O–H groups in total. The Kier molecular flexibility index (Phi) is 4.81. The van der Waals surface area contributed by atoms with Crippen LogP contribution in [-0.4, -0.2) is 44.7 Å². The minimum absolute atomic E-state index is 0.123. The smallest absolute Gasteiger partial charge is 0.289 e. The Bertz CT molecular complexity index is 1140. The fraction of sp³-hybridized carbons (Fsp3) is 0.250. The van der Waals surface area contributed by atoms with Gasteiger partial charge in [-0.25, -0.2) is 8.42 Å². The maximum Gasteiger partial charge on any atom is 0.289 e. The number of carbonyl (C=O) groups excluding carboxylic acids is 1. The predicted octanol–water partition coefficient (Wildman–Crippen LogP) is 3.78. The number of ether oxygens (including phenoxy) is 1. The van der Waals surface area contributed by atoms with Crippen molar-refractivity contribution >= 4 is 38.3 Å². The van der Waals surface area contributed by atoms with Crippen molar-refractivity contribution in [1.29, 1.82) is 0 Å². The molecule has 0 bridgehead atoms. The molecule has 1 saturated heterocycles. The molecule has 8 heteroatoms. The van der Waals surface area contributed by atoms with Crippen LogP contribution in [0.25, 0.3) is 11.0 Å². The van der Waals surface area contributed by atoms with Gasteiger partial charge in [0, 0.05) is 23.5 Å². The van der Waals surface area contributed by atoms with Crippen LogP contribution < -0.4 is 4.74 Å². The van der Waals surface area contributed by atoms with Crippen molar-refractivity contribution in [3.63, 3.8) is 0 Å². The van der Waals surface area contributed by atoms with Gasteiger partial charge in [0.2, 0.25) is 0 Å². The standard InChI is InChI=1S/C20H18ClNO5S/c1-26-17-4-2-3-13-11-18(27-19(13)17)20(23)22-10-9-16(12-22)28(24,25)15-7-5-14(21)6-8-15/h2-8,11,16H,9-10,12H2,1H3/t16-/m1/s1. The number of hydrogen-bond donors (Lipinski definition) is 0. The fourth-order valence-corrected chi connectivity index (χ4v) is 5.26. The molecular formula is C20H18ClNO5S. The molecule has 1 fully saturated rings. The van der Waals surface area contributed by atoms with Crippen LogP contribution in [0.5, 0.6) is 5.75 Å². The molecule has 0 unspecified atom stereocenters. The zero-order valence-corrected chi connectivity index (χ0v) is 16.7. The average molecular weight is 420 g/mol. The average Bonchev–Trinajstić information content (AvgIpc) is 3.35. The second-order valence-electron chi connectivity index (χ2n) is 6.65. The number of carbonyl (C=O) groups is 1. The van der Waals surface area contributed by atoms with E-state index in [0.717, 1.165) is 5.39 Å². The Labute approximate surface area is 167 Å². The minimum Gasteiger partial charge on any atom is -0.493 e. The van der Waals surface area contributed by atoms with E-state index in [1.165, 1.54) is 24.1 Å². The molecule has 1 aliphatic rings. The van der Waals surface area contributed by atoms with Crippen LogP contribution in [0.4, 0.5) is 0 Å². The molecule has 0 spiro atoms. The normalized spacial score (nSPS) is 17.2. The van der Waals surface area contributed by atoms with E-state index in [-0.39, 0.29) is 23.1 Å². The maximum absolute atomic E-state index is 12.9. The molecule has 1 atom stereocenters. The summed E-state index contributed by atoms with van der Waals surface area (Å²) in [6, 6.07) is 13.1. The Balaban J connectivity index is 1.55. The first-order valence-corrected chi connectivity index (χ1v) is 10.7. The second kappa shape index (κ2) is 7.14. The summed E-state index contributed by atoms with van der Waals surface area (Å²) in [7, 11) is -2.01. The summed E-state index contributed by atoms with van der Waals surface area (Å²) in [6.07, 6.45) is 0.375. The van der Waals surface area contributed by atoms with Gasteiger partial charge in [-0.05, 0) is 42.8 Å². The number of likely N-dealkylation sites (tertiary alicyclic amines) is 1. The van der Waals surface area contributed by atoms with Gasteiger partial charge in [-0.1, -0.05) is 23.7 Å². The molecule has 0 radical (unpaired) electrons. The third-order valence-corrected chi connectivity index (χ3v) is 7.40. The van der Waals surface area contributed by atoms with Crippen molar-refractivity contribution in [3.8, 4) is 5.75 Å². The van der Waals surface area contributed by atoms with E-state index < -0.39 is 15.1 Å². The largest absolute Gasteiger partial charge is 0.493 e. The lowest BCUT2D eigenvalue weighted by atomic mass is 10.2. The van der Waals surface area contributed by atoms with E-state index in [4.69, 9.17) is 20.8 Å². The van der Waals surface area contributed by atoms with Crippen molar-refractivity contribution in [2.24, 2.45) is 0 Å². The third kappa shape index (κ3) is 3.25. The van der Waals surface area contributed by atoms with Crippen LogP contribution >= 0.6 is 11.6 Å². The van der Waals surface area contributed by atoms with Crippen molar-refractivity contribution in [3.05, 3.63) is 59.3 Å². The number of hydrogen-bond acceptors (Lipinski definition) is 5. The Morgan fingerprint density at radius 3 is 2.68 bits per heavy atom. The molecule has 6 nitrogen and oxygen atoms in total. The van der Waals surface area contributed by atoms with Gasteiger partial charge in [0.25, 0.3) is 5.91 Å². The summed E-state index contributed by atoms with van der Waals surface area (Å²) >= 11 is 5.84. The number of amides is 1. The number of nitrogens with zero attached hydrogens (tertiary/aromatic N) is 1. The highest BCUT2D eigenvalue weighted by Gasteiger charge is 2.37. The number of furan rings is 1. The molecule has 0 aliphatic carbocycles. The lowest BCUT2D eigenvalue weighted by Crippen LogP contribution is -2.31. The van der Waals surface area contributed by atoms with E-state index in [1.54, 1.807) is 24.3 Å². The monoisotopic (exact) mass is 419 g/mol. The molecule has 1 aliphatic heterocycles. The van der Waals surface area contributed by atoms with Gasteiger partial charge in [0.1, 0.15) is 0 Å². The summed E-state index contributed by atoms with van der Waals surface area (Å²) in [5.74, 6) is 0.386. The lowest BCUT2D eigenvalue weighted by Gasteiger charge is -2.15. The molecule has 2 heterocycles. The van der Waals surface area contributed by atoms with Crippen molar-refractivity contribution in [2.45, 2.75) is 16.6 Å². The topological polar surface area (TPSA) is 76.8 Å². The number of para-hydroxylation sites is 1. The third-order valence-electron chi connectivity index (χ3n) is 4.95. The van der Waals surface area contributed by atoms with Crippen molar-refractivity contribution in [1.82, 2.24) is 4.90 Å². The number of sulfone groups is 1. The summed E-state index contributed by atoms with van der Waals surface area (Å²) in [5, 5.41) is 0.575. The molecule has 1 amide bonds. The minimum atomic E-state index is -3.54. The van der Waals surface area contributed by atoms with Crippen LogP contribution in [0.15, 0.2) is 57.8 Å². The molecule has 28 heavy (non-hydrogen) atoms. The summed E-state index contributed by atoms with van der Waals surface area (Å²) in [4.78, 5) is 14.6. The quantitative estimate of drug-likeness (QED) is 0.643. The van der Waals surface area contributed by atoms with E-state index in [1.807, 2.05) is 12.1 Å².